The van der Waals surface area contributed by atoms with Crippen LogP contribution < -0.4 is 0 Å². The zero-order valence-electron chi connectivity index (χ0n) is 25.4. The van der Waals surface area contributed by atoms with Crippen molar-refractivity contribution in [1.82, 2.24) is 14.2 Å². The molecule has 1 saturated heterocycles. The van der Waals surface area contributed by atoms with Crippen molar-refractivity contribution in [2.24, 2.45) is 5.92 Å². The van der Waals surface area contributed by atoms with Gasteiger partial charge in [-0.15, -0.1) is 11.8 Å². The summed E-state index contributed by atoms with van der Waals surface area (Å²) in [5, 5.41) is 16.3. The maximum Gasteiger partial charge on any atom is 0.224 e. The highest BCUT2D eigenvalue weighted by Gasteiger charge is 2.62. The highest BCUT2D eigenvalue weighted by Crippen LogP contribution is 2.58. The zero-order chi connectivity index (χ0) is 30.4. The quantitative estimate of drug-likeness (QED) is 0.111. The van der Waals surface area contributed by atoms with Gasteiger partial charge >= 0.3 is 0 Å². The van der Waals surface area contributed by atoms with E-state index in [1.165, 1.54) is 0 Å². The number of amides is 1. The smallest absolute Gasteiger partial charge is 0.224 e. The van der Waals surface area contributed by atoms with Gasteiger partial charge in [0.25, 0.3) is 0 Å². The fourth-order valence-electron chi connectivity index (χ4n) is 6.05. The molecule has 3 atom stereocenters. The number of carbonyl (C=O) groups excluding carboxylic acids is 1. The van der Waals surface area contributed by atoms with Gasteiger partial charge in [0.05, 0.1) is 27.2 Å². The molecule has 7 heteroatoms. The van der Waals surface area contributed by atoms with E-state index in [1.54, 1.807) is 16.3 Å². The minimum atomic E-state index is -2.34. The molecule has 2 aromatic heterocycles. The van der Waals surface area contributed by atoms with Gasteiger partial charge in [-0.2, -0.15) is 5.10 Å². The molecule has 1 aliphatic heterocycles. The molecule has 1 fully saturated rings. The van der Waals surface area contributed by atoms with Gasteiger partial charge in [-0.05, 0) is 39.9 Å². The zero-order valence-corrected chi connectivity index (χ0v) is 27.2. The average molecular weight is 606 g/mol. The third-order valence-corrected chi connectivity index (χ3v) is 16.8. The van der Waals surface area contributed by atoms with E-state index in [0.29, 0.717) is 5.69 Å². The Morgan fingerprint density at radius 3 is 1.74 bits per heavy atom. The summed E-state index contributed by atoms with van der Waals surface area (Å²) < 4.78 is 3.29. The summed E-state index contributed by atoms with van der Waals surface area (Å²) in [5.41, 5.74) is 4.81. The van der Waals surface area contributed by atoms with Gasteiger partial charge in [0.1, 0.15) is 6.10 Å². The number of β-lactam (4-membered cyclic amide) rings is 1. The first-order valence-electron chi connectivity index (χ1n) is 14.9. The van der Waals surface area contributed by atoms with Crippen LogP contribution in [0.5, 0.6) is 0 Å². The molecule has 3 unspecified atom stereocenters. The molecule has 0 spiro atoms. The monoisotopic (exact) mass is 605 g/mol. The van der Waals surface area contributed by atoms with E-state index in [-0.39, 0.29) is 16.3 Å². The van der Waals surface area contributed by atoms with Crippen LogP contribution >= 0.6 is 11.8 Å². The summed E-state index contributed by atoms with van der Waals surface area (Å²) >= 11 is 1.78. The second-order valence-electron chi connectivity index (χ2n) is 12.9. The van der Waals surface area contributed by atoms with E-state index >= 15 is 0 Å². The van der Waals surface area contributed by atoms with Crippen LogP contribution in [0.4, 0.5) is 0 Å². The van der Waals surface area contributed by atoms with Gasteiger partial charge in [-0.25, -0.2) is 4.52 Å². The highest BCUT2D eigenvalue weighted by molar-refractivity contribution is 8.01. The maximum absolute atomic E-state index is 14.3. The number of thioether (sulfide) groups is 1. The number of fused-ring (bicyclic) bond motifs is 1. The van der Waals surface area contributed by atoms with E-state index in [9.17, 15) is 9.90 Å². The molecule has 0 radical (unpaired) electrons. The number of aliphatic hydroxyl groups is 1. The fraction of sp³-hybridized carbons (Fsp3) is 0.278. The number of rotatable bonds is 8. The molecular formula is C36H39N3O2SSi. The highest BCUT2D eigenvalue weighted by atomic mass is 32.2. The average Bonchev–Trinajstić information content (AvgIpc) is 3.45. The van der Waals surface area contributed by atoms with Gasteiger partial charge in [-0.1, -0.05) is 131 Å². The van der Waals surface area contributed by atoms with Crippen molar-refractivity contribution in [2.75, 3.05) is 0 Å². The summed E-state index contributed by atoms with van der Waals surface area (Å²) in [6, 6.07) is 39.4. The van der Waals surface area contributed by atoms with Crippen molar-refractivity contribution >= 4 is 31.4 Å². The van der Waals surface area contributed by atoms with Crippen LogP contribution in [-0.4, -0.2) is 38.8 Å². The Morgan fingerprint density at radius 1 is 0.791 bits per heavy atom. The van der Waals surface area contributed by atoms with E-state index in [1.807, 2.05) is 48.7 Å². The molecule has 3 heterocycles. The lowest BCUT2D eigenvalue weighted by molar-refractivity contribution is -0.150. The van der Waals surface area contributed by atoms with Gasteiger partial charge in [-0.3, -0.25) is 4.79 Å². The second kappa shape index (κ2) is 11.1. The molecule has 0 saturated carbocycles. The van der Waals surface area contributed by atoms with Gasteiger partial charge in [0.15, 0.2) is 8.24 Å². The molecular weight excluding hydrogens is 567 g/mol. The molecule has 6 rings (SSSR count). The Labute approximate surface area is 259 Å². The molecule has 5 aromatic rings. The Hall–Kier alpha value is -3.65. The first-order chi connectivity index (χ1) is 20.6. The summed E-state index contributed by atoms with van der Waals surface area (Å²) in [6.07, 6.45) is 0.832. The normalized spacial score (nSPS) is 18.5. The third kappa shape index (κ3) is 4.93. The molecule has 3 aromatic carbocycles. The predicted molar refractivity (Wildman–Crippen MR) is 178 cm³/mol. The van der Waals surface area contributed by atoms with Crippen LogP contribution in [0.2, 0.25) is 18.1 Å². The molecule has 1 aliphatic rings. The van der Waals surface area contributed by atoms with Gasteiger partial charge < -0.3 is 9.67 Å². The second-order valence-corrected chi connectivity index (χ2v) is 19.3. The topological polar surface area (TPSA) is 57.8 Å². The summed E-state index contributed by atoms with van der Waals surface area (Å²) in [7, 11) is -2.34. The number of hydrogen-bond donors (Lipinski definition) is 1. The Bertz CT molecular complexity index is 1590. The Kier molecular flexibility index (Phi) is 7.61. The molecule has 220 valence electrons. The van der Waals surface area contributed by atoms with Crippen molar-refractivity contribution in [2.45, 2.75) is 55.1 Å². The standard InChI is InChI=1S/C36H39N3O2SSi/c1-35(2,3)43(4,5)39-33(41)31(32(40)30-25-29-23-15-16-24-38(29)37-30)34(39)42-36(26-17-9-6-10-18-26,27-19-11-7-12-20-27)28-21-13-8-14-22-28/h6-25,31-32,34,40H,1-5H3. The lowest BCUT2D eigenvalue weighted by atomic mass is 9.84. The largest absolute Gasteiger partial charge is 0.386 e. The summed E-state index contributed by atoms with van der Waals surface area (Å²) in [6.45, 7) is 11.3. The SMILES string of the molecule is CC(C)(C)[Si](C)(C)N1C(=O)C(C(O)c2cc3ccccn3n2)C1SC(c1ccccc1)(c1ccccc1)c1ccccc1. The van der Waals surface area contributed by atoms with Crippen molar-refractivity contribution in [1.29, 1.82) is 0 Å². The van der Waals surface area contributed by atoms with Crippen LogP contribution in [-0.2, 0) is 9.54 Å². The molecule has 5 nitrogen and oxygen atoms in total. The van der Waals surface area contributed by atoms with E-state index in [4.69, 9.17) is 0 Å². The summed E-state index contributed by atoms with van der Waals surface area (Å²) in [5.74, 6) is -0.628. The maximum atomic E-state index is 14.3. The minimum Gasteiger partial charge on any atom is -0.386 e. The Morgan fingerprint density at radius 2 is 1.28 bits per heavy atom. The number of carbonyl (C=O) groups is 1. The fourth-order valence-corrected chi connectivity index (χ4v) is 11.0. The van der Waals surface area contributed by atoms with Crippen LogP contribution in [0.25, 0.3) is 5.52 Å². The molecule has 1 amide bonds. The number of benzene rings is 3. The van der Waals surface area contributed by atoms with Crippen molar-refractivity contribution in [3.05, 3.63) is 144 Å². The first-order valence-corrected chi connectivity index (χ1v) is 18.7. The van der Waals surface area contributed by atoms with E-state index in [2.05, 4.69) is 116 Å². The van der Waals surface area contributed by atoms with Crippen LogP contribution in [0, 0.1) is 5.92 Å². The number of pyridine rings is 1. The summed E-state index contributed by atoms with van der Waals surface area (Å²) in [4.78, 5) is 14.3. The van der Waals surface area contributed by atoms with Crippen molar-refractivity contribution in [3.63, 3.8) is 0 Å². The number of hydrogen-bond acceptors (Lipinski definition) is 4. The minimum absolute atomic E-state index is 0.0109. The molecule has 1 N–H and O–H groups in total. The van der Waals surface area contributed by atoms with E-state index in [0.717, 1.165) is 22.2 Å². The van der Waals surface area contributed by atoms with Gasteiger partial charge in [0, 0.05) is 6.20 Å². The number of aromatic nitrogens is 2. The number of nitrogens with zero attached hydrogens (tertiary/aromatic N) is 3. The van der Waals surface area contributed by atoms with Crippen molar-refractivity contribution < 1.29 is 9.90 Å². The van der Waals surface area contributed by atoms with E-state index < -0.39 is 25.0 Å². The van der Waals surface area contributed by atoms with Crippen LogP contribution in [0.3, 0.4) is 0 Å². The van der Waals surface area contributed by atoms with Crippen LogP contribution in [0.1, 0.15) is 49.3 Å². The number of aliphatic hydroxyl groups excluding tert-OH is 1. The van der Waals surface area contributed by atoms with Gasteiger partial charge in [0.2, 0.25) is 5.91 Å². The first kappa shape index (κ1) is 29.4. The lowest BCUT2D eigenvalue weighted by Gasteiger charge is -2.60. The molecule has 0 aliphatic carbocycles. The lowest BCUT2D eigenvalue weighted by Crippen LogP contribution is -2.73. The molecule has 43 heavy (non-hydrogen) atoms. The predicted octanol–water partition coefficient (Wildman–Crippen LogP) is 7.88. The third-order valence-electron chi connectivity index (χ3n) is 9.39. The molecule has 0 bridgehead atoms. The Balaban J connectivity index is 1.54. The van der Waals surface area contributed by atoms with Crippen LogP contribution in [0.15, 0.2) is 121 Å². The van der Waals surface area contributed by atoms with Crippen molar-refractivity contribution in [3.8, 4) is 0 Å².